The molecule has 0 amide bonds. The Bertz CT molecular complexity index is 13.5. The van der Waals surface area contributed by atoms with Gasteiger partial charge in [0, 0.05) is 0 Å². The Morgan fingerprint density at radius 3 is 1.75 bits per heavy atom. The van der Waals surface area contributed by atoms with Crippen LogP contribution in [-0.4, -0.2) is 50.1 Å². The van der Waals surface area contributed by atoms with Crippen LogP contribution < -0.4 is 0 Å². The summed E-state index contributed by atoms with van der Waals surface area (Å²) in [4.78, 5) is 0. The van der Waals surface area contributed by atoms with Crippen molar-refractivity contribution in [3.05, 3.63) is 0 Å². The molecule has 0 saturated heterocycles. The number of hydrogen-bond acceptors (Lipinski definition) is 1. The van der Waals surface area contributed by atoms with E-state index in [2.05, 4.69) is 0 Å². The monoisotopic (exact) mass is 86.0 g/mol. The van der Waals surface area contributed by atoms with Gasteiger partial charge in [0.2, 0.25) is 0 Å². The quantitative estimate of drug-likeness (QED) is 0.347. The number of hydrogen-bond donors (Lipinski definition) is 1. The molecule has 0 unspecified atom stereocenters. The van der Waals surface area contributed by atoms with Crippen molar-refractivity contribution < 1.29 is 9.73 Å². The Morgan fingerprint density at radius 1 is 1.75 bits per heavy atom. The molecule has 0 bridgehead atoms. The van der Waals surface area contributed by atoms with Gasteiger partial charge in [-0.1, -0.05) is 0 Å². The van der Waals surface area contributed by atoms with Crippen molar-refractivity contribution in [2.24, 2.45) is 0 Å². The molecule has 0 aliphatic heterocycles. The summed E-state index contributed by atoms with van der Waals surface area (Å²) in [5.74, 6) is 0. The normalized spacial score (nSPS) is 2.00. The molecule has 4 heteroatoms. The van der Waals surface area contributed by atoms with Gasteiger partial charge in [0.15, 0.2) is 0 Å². The first-order valence-corrected chi connectivity index (χ1v) is 0.494. The van der Waals surface area contributed by atoms with E-state index in [4.69, 9.17) is 9.73 Å². The van der Waals surface area contributed by atoms with Crippen LogP contribution in [0.2, 0.25) is 0 Å². The first-order valence-electron chi connectivity index (χ1n) is 0.494. The Labute approximate surface area is 54.5 Å². The molecule has 0 fully saturated rings. The second-order valence-corrected chi connectivity index (χ2v) is 0.105. The predicted octanol–water partition coefficient (Wildman–Crippen LogP) is -1.97. The molecular weight excluding hydrogens is 82.9 g/mol. The zero-order valence-electron chi connectivity index (χ0n) is 1.43. The molecule has 0 heterocycles. The third-order valence-electron chi connectivity index (χ3n) is 0. The van der Waals surface area contributed by atoms with Gasteiger partial charge in [-0.3, -0.25) is 0 Å². The van der Waals surface area contributed by atoms with Gasteiger partial charge in [0.25, 0.3) is 0 Å². The van der Waals surface area contributed by atoms with E-state index in [1.807, 2.05) is 0 Å². The molecule has 0 aliphatic carbocycles. The van der Waals surface area contributed by atoms with E-state index in [1.165, 1.54) is 0 Å². The van der Waals surface area contributed by atoms with Gasteiger partial charge in [-0.2, -0.15) is 0 Å². The van der Waals surface area contributed by atoms with Gasteiger partial charge >= 0.3 is 54.8 Å². The van der Waals surface area contributed by atoms with Crippen LogP contribution in [0.15, 0.2) is 0 Å². The molecule has 0 aromatic rings. The van der Waals surface area contributed by atoms with E-state index >= 15 is 0 Å². The third-order valence-corrected chi connectivity index (χ3v) is 0. The van der Waals surface area contributed by atoms with Crippen LogP contribution >= 0.6 is 0 Å². The summed E-state index contributed by atoms with van der Waals surface area (Å²) < 4.78 is 8.36. The minimum absolute atomic E-state index is 0. The summed E-state index contributed by atoms with van der Waals surface area (Å²) in [6.07, 6.45) is 0. The molecule has 0 radical (unpaired) electrons. The van der Waals surface area contributed by atoms with Crippen LogP contribution in [0.3, 0.4) is 0 Å². The third kappa shape index (κ3) is 12.7. The summed E-state index contributed by atoms with van der Waals surface area (Å²) in [5, 5.41) is 6.89. The zero-order valence-corrected chi connectivity index (χ0v) is 1.43. The molecule has 0 spiro atoms. The summed E-state index contributed by atoms with van der Waals surface area (Å²) in [7, 11) is -0.250. The Hall–Kier alpha value is 0.925. The Balaban J connectivity index is 0. The van der Waals surface area contributed by atoms with Crippen molar-refractivity contribution in [3.63, 3.8) is 0 Å². The van der Waals surface area contributed by atoms with Crippen LogP contribution in [0, 0.1) is 0 Å². The van der Waals surface area contributed by atoms with Gasteiger partial charge in [0.1, 0.15) is 0 Å². The molecule has 2 nitrogen and oxygen atoms in total. The second-order valence-electron chi connectivity index (χ2n) is 0.105. The van der Waals surface area contributed by atoms with Crippen LogP contribution in [0.25, 0.3) is 0 Å². The maximum absolute atomic E-state index is 8.36. The van der Waals surface area contributed by atoms with Crippen molar-refractivity contribution in [1.29, 1.82) is 0 Å². The van der Waals surface area contributed by atoms with E-state index in [-0.39, 0.29) is 45.1 Å². The van der Waals surface area contributed by atoms with Gasteiger partial charge in [-0.05, 0) is 0 Å². The van der Waals surface area contributed by atoms with Gasteiger partial charge in [-0.25, -0.2) is 0 Å². The molecular formula is H3BCaO2. The van der Waals surface area contributed by atoms with Crippen molar-refractivity contribution >= 4 is 45.1 Å². The van der Waals surface area contributed by atoms with Crippen molar-refractivity contribution in [3.8, 4) is 0 Å². The van der Waals surface area contributed by atoms with Crippen LogP contribution in [0.5, 0.6) is 0 Å². The first kappa shape index (κ1) is 8.87. The Morgan fingerprint density at radius 2 is 1.75 bits per heavy atom. The molecule has 0 atom stereocenters. The van der Waals surface area contributed by atoms with Crippen LogP contribution in [0.4, 0.5) is 0 Å². The predicted molar refractivity (Wildman–Crippen MR) is 17.2 cm³/mol. The summed E-state index contributed by atoms with van der Waals surface area (Å²) in [6.45, 7) is 0. The fraction of sp³-hybridized carbons (Fsp3) is 0. The average Bonchev–Trinajstić information content (AvgIpc) is 0.918. The molecule has 0 rings (SSSR count). The zero-order chi connectivity index (χ0) is 2.71. The fourth-order valence-electron chi connectivity index (χ4n) is 0. The van der Waals surface area contributed by atoms with E-state index in [0.717, 1.165) is 0 Å². The maximum atomic E-state index is 8.36. The molecule has 0 aromatic heterocycles. The minimum atomic E-state index is -0.250. The van der Waals surface area contributed by atoms with Gasteiger partial charge < -0.3 is 0 Å². The Kier molecular flexibility index (Phi) is 20.1. The standard InChI is InChI=1S/BHO2.Ca.2H/c2-1-3;;;/h2H;;;. The van der Waals surface area contributed by atoms with Crippen molar-refractivity contribution in [2.75, 3.05) is 0 Å². The van der Waals surface area contributed by atoms with Gasteiger partial charge in [0.05, 0.1) is 0 Å². The summed E-state index contributed by atoms with van der Waals surface area (Å²) in [6, 6.07) is 0. The molecule has 0 saturated carbocycles. The molecule has 0 aromatic carbocycles. The molecule has 1 N–H and O–H groups in total. The summed E-state index contributed by atoms with van der Waals surface area (Å²) in [5.41, 5.74) is 0. The van der Waals surface area contributed by atoms with E-state index in [9.17, 15) is 0 Å². The van der Waals surface area contributed by atoms with E-state index in [0.29, 0.717) is 0 Å². The average molecular weight is 85.9 g/mol. The van der Waals surface area contributed by atoms with E-state index < -0.39 is 0 Å². The van der Waals surface area contributed by atoms with Crippen molar-refractivity contribution in [2.45, 2.75) is 0 Å². The van der Waals surface area contributed by atoms with Crippen LogP contribution in [-0.2, 0) is 4.70 Å². The molecule has 20 valence electrons. The summed E-state index contributed by atoms with van der Waals surface area (Å²) >= 11 is 0. The van der Waals surface area contributed by atoms with Gasteiger partial charge in [-0.15, -0.1) is 0 Å². The van der Waals surface area contributed by atoms with Crippen molar-refractivity contribution in [1.82, 2.24) is 0 Å². The SMILES string of the molecule is O=BO.[CaH2]. The fourth-order valence-corrected chi connectivity index (χ4v) is 0. The van der Waals surface area contributed by atoms with E-state index in [1.54, 1.807) is 0 Å². The topological polar surface area (TPSA) is 37.3 Å². The number of rotatable bonds is 0. The molecule has 0 aliphatic rings. The second kappa shape index (κ2) is 9.06. The molecule has 4 heavy (non-hydrogen) atoms. The first-order chi connectivity index (χ1) is 1.41. The van der Waals surface area contributed by atoms with Crippen LogP contribution in [0.1, 0.15) is 0 Å².